The second-order valence-electron chi connectivity index (χ2n) is 12.4. The lowest BCUT2D eigenvalue weighted by atomic mass is 10.1. The van der Waals surface area contributed by atoms with Crippen molar-refractivity contribution in [2.75, 3.05) is 37.1 Å². The summed E-state index contributed by atoms with van der Waals surface area (Å²) < 4.78 is 65.4. The molecule has 13 nitrogen and oxygen atoms in total. The Morgan fingerprint density at radius 3 is 2.60 bits per heavy atom. The summed E-state index contributed by atoms with van der Waals surface area (Å²) in [6, 6.07) is 10.6. The standard InChI is InChI=1S/C36H37F3N8O5/c1-22-10-11-24(44-34(48)27-19-23(12-14-40-27)36(37,38)39)20-26(22)45-32-25(7-6-13-41-32)30-31-33(43-21-42-30)47(28-8-2-4-15-49-28)35(46-31)52-18-17-51-29-9-3-5-16-50-29/h6-7,10-14,19-21,28-29H,2-5,8-9,15-18H2,1H3,(H,41,45)(H,44,48). The average Bonchev–Trinajstić information content (AvgIpc) is 3.54. The largest absolute Gasteiger partial charge is 0.462 e. The SMILES string of the molecule is Cc1ccc(NC(=O)c2cc(C(F)(F)F)ccn2)cc1Nc1ncccc1-c1ncnc2c1nc(OCCOC1CCCCO1)n2C1CCCCO1. The summed E-state index contributed by atoms with van der Waals surface area (Å²) in [5.41, 5.74) is 2.58. The van der Waals surface area contributed by atoms with Crippen LogP contribution in [0.15, 0.2) is 61.2 Å². The number of nitrogens with zero attached hydrogens (tertiary/aromatic N) is 6. The molecule has 16 heteroatoms. The highest BCUT2D eigenvalue weighted by atomic mass is 19.4. The van der Waals surface area contributed by atoms with Gasteiger partial charge in [-0.25, -0.2) is 15.0 Å². The summed E-state index contributed by atoms with van der Waals surface area (Å²) in [7, 11) is 0. The summed E-state index contributed by atoms with van der Waals surface area (Å²) in [5, 5.41) is 5.97. The van der Waals surface area contributed by atoms with Gasteiger partial charge in [-0.1, -0.05) is 6.07 Å². The lowest BCUT2D eigenvalue weighted by Gasteiger charge is -2.25. The molecule has 0 spiro atoms. The van der Waals surface area contributed by atoms with E-state index in [9.17, 15) is 18.0 Å². The Morgan fingerprint density at radius 2 is 1.81 bits per heavy atom. The van der Waals surface area contributed by atoms with Gasteiger partial charge in [0.05, 0.1) is 12.2 Å². The number of benzene rings is 1. The van der Waals surface area contributed by atoms with Crippen LogP contribution in [0.25, 0.3) is 22.4 Å². The second kappa shape index (κ2) is 15.6. The molecule has 0 aliphatic carbocycles. The van der Waals surface area contributed by atoms with Crippen LogP contribution in [0, 0.1) is 6.92 Å². The number of hydrogen-bond acceptors (Lipinski definition) is 11. The minimum Gasteiger partial charge on any atom is -0.462 e. The first-order valence-corrected chi connectivity index (χ1v) is 17.1. The van der Waals surface area contributed by atoms with Gasteiger partial charge >= 0.3 is 12.2 Å². The number of rotatable bonds is 11. The van der Waals surface area contributed by atoms with Gasteiger partial charge in [0.25, 0.3) is 5.91 Å². The Bertz CT molecular complexity index is 2030. The third-order valence-corrected chi connectivity index (χ3v) is 8.78. The Balaban J connectivity index is 1.16. The highest BCUT2D eigenvalue weighted by Gasteiger charge is 2.31. The molecule has 7 rings (SSSR count). The maximum absolute atomic E-state index is 13.2. The molecule has 272 valence electrons. The van der Waals surface area contributed by atoms with Crippen molar-refractivity contribution in [2.24, 2.45) is 0 Å². The Hall–Kier alpha value is -5.19. The van der Waals surface area contributed by atoms with E-state index in [-0.39, 0.29) is 24.8 Å². The molecule has 4 aromatic heterocycles. The third kappa shape index (κ3) is 7.98. The van der Waals surface area contributed by atoms with Gasteiger partial charge in [0.1, 0.15) is 41.9 Å². The van der Waals surface area contributed by atoms with Gasteiger partial charge in [-0.2, -0.15) is 18.2 Å². The van der Waals surface area contributed by atoms with E-state index in [2.05, 4.69) is 30.6 Å². The molecule has 0 radical (unpaired) electrons. The van der Waals surface area contributed by atoms with Crippen molar-refractivity contribution >= 4 is 34.3 Å². The molecule has 5 aromatic rings. The molecule has 2 unspecified atom stereocenters. The predicted molar refractivity (Wildman–Crippen MR) is 184 cm³/mol. The molecule has 2 N–H and O–H groups in total. The van der Waals surface area contributed by atoms with Crippen molar-refractivity contribution in [1.29, 1.82) is 0 Å². The molecule has 2 aliphatic rings. The molecule has 52 heavy (non-hydrogen) atoms. The maximum Gasteiger partial charge on any atom is 0.416 e. The molecule has 2 fully saturated rings. The van der Waals surface area contributed by atoms with Gasteiger partial charge in [-0.3, -0.25) is 14.3 Å². The van der Waals surface area contributed by atoms with Gasteiger partial charge < -0.3 is 29.6 Å². The van der Waals surface area contributed by atoms with Gasteiger partial charge in [0.2, 0.25) is 0 Å². The summed E-state index contributed by atoms with van der Waals surface area (Å²) in [6.45, 7) is 3.73. The summed E-state index contributed by atoms with van der Waals surface area (Å²) in [5.74, 6) is -0.340. The minimum absolute atomic E-state index is 0.236. The summed E-state index contributed by atoms with van der Waals surface area (Å²) in [4.78, 5) is 35.4. The fourth-order valence-corrected chi connectivity index (χ4v) is 6.11. The first kappa shape index (κ1) is 35.2. The quantitative estimate of drug-likeness (QED) is 0.133. The molecule has 2 saturated heterocycles. The van der Waals surface area contributed by atoms with Crippen LogP contribution in [-0.2, 0) is 20.4 Å². The van der Waals surface area contributed by atoms with Crippen molar-refractivity contribution < 1.29 is 36.9 Å². The number of nitrogens with one attached hydrogen (secondary N) is 2. The van der Waals surface area contributed by atoms with Gasteiger partial charge in [0.15, 0.2) is 11.9 Å². The molecular formula is C36H37F3N8O5. The van der Waals surface area contributed by atoms with E-state index < -0.39 is 17.6 Å². The van der Waals surface area contributed by atoms with Gasteiger partial charge in [-0.15, -0.1) is 0 Å². The van der Waals surface area contributed by atoms with Crippen LogP contribution < -0.4 is 15.4 Å². The van der Waals surface area contributed by atoms with Crippen LogP contribution in [0.5, 0.6) is 6.01 Å². The first-order valence-electron chi connectivity index (χ1n) is 17.1. The smallest absolute Gasteiger partial charge is 0.416 e. The highest BCUT2D eigenvalue weighted by Crippen LogP contribution is 2.37. The number of aromatic nitrogens is 6. The van der Waals surface area contributed by atoms with E-state index in [0.29, 0.717) is 71.5 Å². The fourth-order valence-electron chi connectivity index (χ4n) is 6.11. The molecular weight excluding hydrogens is 681 g/mol. The van der Waals surface area contributed by atoms with E-state index in [1.165, 1.54) is 6.33 Å². The number of carbonyl (C=O) groups is 1. The molecule has 6 heterocycles. The highest BCUT2D eigenvalue weighted by molar-refractivity contribution is 6.03. The number of ether oxygens (including phenoxy) is 4. The minimum atomic E-state index is -4.61. The number of imidazole rings is 1. The van der Waals surface area contributed by atoms with Gasteiger partial charge in [-0.05, 0) is 87.4 Å². The predicted octanol–water partition coefficient (Wildman–Crippen LogP) is 7.23. The van der Waals surface area contributed by atoms with Crippen LogP contribution in [0.4, 0.5) is 30.4 Å². The molecule has 1 amide bonds. The maximum atomic E-state index is 13.2. The van der Waals surface area contributed by atoms with Crippen molar-refractivity contribution in [3.05, 3.63) is 78.0 Å². The number of halogens is 3. The van der Waals surface area contributed by atoms with Crippen molar-refractivity contribution in [3.8, 4) is 17.3 Å². The Labute approximate surface area is 296 Å². The first-order chi connectivity index (χ1) is 25.2. The average molecular weight is 719 g/mol. The van der Waals surface area contributed by atoms with Crippen LogP contribution in [0.1, 0.15) is 66.4 Å². The van der Waals surface area contributed by atoms with E-state index >= 15 is 0 Å². The zero-order valence-corrected chi connectivity index (χ0v) is 28.4. The third-order valence-electron chi connectivity index (χ3n) is 8.78. The zero-order valence-electron chi connectivity index (χ0n) is 28.4. The molecule has 2 aliphatic heterocycles. The molecule has 0 saturated carbocycles. The summed E-state index contributed by atoms with van der Waals surface area (Å²) >= 11 is 0. The number of amides is 1. The number of anilines is 3. The molecule has 2 atom stereocenters. The zero-order chi connectivity index (χ0) is 36.1. The van der Waals surface area contributed by atoms with E-state index in [1.54, 1.807) is 30.5 Å². The number of hydrogen-bond donors (Lipinski definition) is 2. The molecule has 1 aromatic carbocycles. The van der Waals surface area contributed by atoms with Crippen LogP contribution in [0.3, 0.4) is 0 Å². The van der Waals surface area contributed by atoms with E-state index in [1.807, 2.05) is 17.6 Å². The monoisotopic (exact) mass is 718 g/mol. The molecule has 0 bridgehead atoms. The van der Waals surface area contributed by atoms with Crippen LogP contribution >= 0.6 is 0 Å². The normalized spacial score (nSPS) is 17.9. The Kier molecular flexibility index (Phi) is 10.6. The lowest BCUT2D eigenvalue weighted by Crippen LogP contribution is -2.25. The second-order valence-corrected chi connectivity index (χ2v) is 12.4. The van der Waals surface area contributed by atoms with Crippen molar-refractivity contribution in [3.63, 3.8) is 0 Å². The lowest BCUT2D eigenvalue weighted by molar-refractivity contribution is -0.165. The van der Waals surface area contributed by atoms with Crippen molar-refractivity contribution in [1.82, 2.24) is 29.5 Å². The summed E-state index contributed by atoms with van der Waals surface area (Å²) in [6.07, 6.45) is 4.55. The number of alkyl halides is 3. The fraction of sp³-hybridized carbons (Fsp3) is 0.389. The van der Waals surface area contributed by atoms with E-state index in [0.717, 1.165) is 56.4 Å². The van der Waals surface area contributed by atoms with Crippen LogP contribution in [-0.4, -0.2) is 68.1 Å². The number of carbonyl (C=O) groups excluding carboxylic acids is 1. The van der Waals surface area contributed by atoms with E-state index in [4.69, 9.17) is 23.9 Å². The number of fused-ring (bicyclic) bond motifs is 1. The Morgan fingerprint density at radius 1 is 0.962 bits per heavy atom. The van der Waals surface area contributed by atoms with Gasteiger partial charge in [0, 0.05) is 42.5 Å². The van der Waals surface area contributed by atoms with Crippen LogP contribution in [0.2, 0.25) is 0 Å². The number of pyridine rings is 2. The van der Waals surface area contributed by atoms with Crippen molar-refractivity contribution in [2.45, 2.75) is 64.1 Å². The number of aryl methyl sites for hydroxylation is 1. The topological polar surface area (TPSA) is 147 Å².